The van der Waals surface area contributed by atoms with Crippen LogP contribution in [0.3, 0.4) is 0 Å². The van der Waals surface area contributed by atoms with Crippen molar-refractivity contribution in [3.05, 3.63) is 0 Å². The van der Waals surface area contributed by atoms with Gasteiger partial charge in [-0.25, -0.2) is 8.78 Å². The van der Waals surface area contributed by atoms with Crippen LogP contribution in [0.5, 0.6) is 0 Å². The topological polar surface area (TPSA) is 64.3 Å². The number of nitrogens with two attached hydrogens (primary N) is 1. The lowest BCUT2D eigenvalue weighted by atomic mass is 9.68. The van der Waals surface area contributed by atoms with E-state index in [-0.39, 0.29) is 5.92 Å². The van der Waals surface area contributed by atoms with Crippen molar-refractivity contribution < 1.29 is 27.1 Å². The van der Waals surface area contributed by atoms with E-state index in [0.717, 1.165) is 12.8 Å². The maximum atomic E-state index is 12.8. The molecule has 3 N–H and O–H groups in total. The van der Waals surface area contributed by atoms with E-state index in [1.807, 2.05) is 5.32 Å². The Morgan fingerprint density at radius 1 is 1.44 bits per heavy atom. The van der Waals surface area contributed by atoms with Crippen LogP contribution in [0.15, 0.2) is 0 Å². The lowest BCUT2D eigenvalue weighted by molar-refractivity contribution is -0.177. The highest BCUT2D eigenvalue weighted by molar-refractivity contribution is 5.84. The van der Waals surface area contributed by atoms with Gasteiger partial charge in [0.1, 0.15) is 0 Å². The number of ether oxygens (including phenoxy) is 1. The molecule has 4 atom stereocenters. The molecule has 0 aromatic carbocycles. The Morgan fingerprint density at radius 3 is 2.72 bits per heavy atom. The van der Waals surface area contributed by atoms with Crippen molar-refractivity contribution in [3.8, 4) is 0 Å². The average Bonchev–Trinajstić information content (AvgIpc) is 2.34. The molecule has 104 valence electrons. The van der Waals surface area contributed by atoms with Gasteiger partial charge in [0.15, 0.2) is 0 Å². The maximum Gasteiger partial charge on any atom is 0.383 e. The normalized spacial score (nSPS) is 35.9. The molecule has 0 bridgehead atoms. The van der Waals surface area contributed by atoms with Crippen molar-refractivity contribution in [3.63, 3.8) is 0 Å². The van der Waals surface area contributed by atoms with E-state index >= 15 is 0 Å². The maximum absolute atomic E-state index is 12.8. The third-order valence-electron chi connectivity index (χ3n) is 3.55. The number of amides is 1. The number of carbonyl (C=O) groups is 1. The summed E-state index contributed by atoms with van der Waals surface area (Å²) in [5.41, 5.74) is 5.72. The van der Waals surface area contributed by atoms with Gasteiger partial charge in [-0.2, -0.15) is 8.78 Å². The van der Waals surface area contributed by atoms with E-state index in [2.05, 4.69) is 0 Å². The summed E-state index contributed by atoms with van der Waals surface area (Å²) in [5.74, 6) is -6.69. The number of alkyl halides is 4. The Kier molecular flexibility index (Phi) is 3.50. The van der Waals surface area contributed by atoms with Crippen LogP contribution in [0, 0.1) is 5.92 Å². The van der Waals surface area contributed by atoms with Crippen LogP contribution >= 0.6 is 0 Å². The number of nitrogens with one attached hydrogen (secondary N) is 1. The molecule has 0 radical (unpaired) electrons. The minimum absolute atomic E-state index is 0.00391. The SMILES string of the molecule is NC1C2CCCOC2C1NC(=O)C(F)(F)C(F)F. The monoisotopic (exact) mass is 270 g/mol. The van der Waals surface area contributed by atoms with Crippen LogP contribution in [-0.4, -0.2) is 43.0 Å². The van der Waals surface area contributed by atoms with Gasteiger partial charge in [-0.1, -0.05) is 0 Å². The van der Waals surface area contributed by atoms with Crippen LogP contribution < -0.4 is 11.1 Å². The highest BCUT2D eigenvalue weighted by Crippen LogP contribution is 2.37. The quantitative estimate of drug-likeness (QED) is 0.734. The molecule has 1 amide bonds. The molecule has 1 saturated carbocycles. The summed E-state index contributed by atoms with van der Waals surface area (Å²) in [6, 6.07) is -1.33. The van der Waals surface area contributed by atoms with Crippen LogP contribution in [0.2, 0.25) is 0 Å². The third-order valence-corrected chi connectivity index (χ3v) is 3.55. The summed E-state index contributed by atoms with van der Waals surface area (Å²) in [6.45, 7) is 0.464. The Bertz CT molecular complexity index is 340. The molecule has 1 aliphatic carbocycles. The zero-order valence-corrected chi connectivity index (χ0v) is 9.41. The lowest BCUT2D eigenvalue weighted by Crippen LogP contribution is -2.73. The van der Waals surface area contributed by atoms with Crippen LogP contribution in [0.4, 0.5) is 17.6 Å². The Morgan fingerprint density at radius 2 is 2.11 bits per heavy atom. The molecule has 18 heavy (non-hydrogen) atoms. The van der Waals surface area contributed by atoms with E-state index in [1.165, 1.54) is 0 Å². The molecule has 0 spiro atoms. The van der Waals surface area contributed by atoms with Crippen molar-refractivity contribution in [2.24, 2.45) is 11.7 Å². The highest BCUT2D eigenvalue weighted by Gasteiger charge is 2.55. The molecule has 8 heteroatoms. The smallest absolute Gasteiger partial charge is 0.376 e. The molecule has 2 aliphatic rings. The summed E-state index contributed by atoms with van der Waals surface area (Å²) < 4.78 is 54.8. The fraction of sp³-hybridized carbons (Fsp3) is 0.900. The van der Waals surface area contributed by atoms with Gasteiger partial charge in [-0.15, -0.1) is 0 Å². The minimum Gasteiger partial charge on any atom is -0.376 e. The highest BCUT2D eigenvalue weighted by atomic mass is 19.3. The second-order valence-corrected chi connectivity index (χ2v) is 4.64. The van der Waals surface area contributed by atoms with Crippen LogP contribution in [-0.2, 0) is 9.53 Å². The fourth-order valence-electron chi connectivity index (χ4n) is 2.47. The number of carbonyl (C=O) groups excluding carboxylic acids is 1. The largest absolute Gasteiger partial charge is 0.383 e. The van der Waals surface area contributed by atoms with Crippen molar-refractivity contribution >= 4 is 5.91 Å². The first-order chi connectivity index (χ1) is 8.35. The Labute approximate surface area is 101 Å². The van der Waals surface area contributed by atoms with Crippen molar-refractivity contribution in [2.75, 3.05) is 6.61 Å². The van der Waals surface area contributed by atoms with Gasteiger partial charge >= 0.3 is 12.3 Å². The van der Waals surface area contributed by atoms with Gasteiger partial charge in [-0.3, -0.25) is 4.79 Å². The Balaban J connectivity index is 1.96. The first-order valence-corrected chi connectivity index (χ1v) is 5.70. The minimum atomic E-state index is -4.69. The summed E-state index contributed by atoms with van der Waals surface area (Å²) >= 11 is 0. The number of rotatable bonds is 3. The number of halogens is 4. The van der Waals surface area contributed by atoms with Gasteiger partial charge in [0.25, 0.3) is 5.91 Å². The van der Waals surface area contributed by atoms with Crippen LogP contribution in [0.25, 0.3) is 0 Å². The van der Waals surface area contributed by atoms with Gasteiger partial charge < -0.3 is 15.8 Å². The number of fused-ring (bicyclic) bond motifs is 1. The summed E-state index contributed by atoms with van der Waals surface area (Å²) in [6.07, 6.45) is -2.85. The number of hydrogen-bond acceptors (Lipinski definition) is 3. The van der Waals surface area contributed by atoms with Crippen molar-refractivity contribution in [1.29, 1.82) is 0 Å². The first kappa shape index (κ1) is 13.5. The molecule has 4 nitrogen and oxygen atoms in total. The van der Waals surface area contributed by atoms with E-state index < -0.39 is 36.4 Å². The average molecular weight is 270 g/mol. The molecule has 2 rings (SSSR count). The van der Waals surface area contributed by atoms with E-state index in [1.54, 1.807) is 0 Å². The molecule has 0 aromatic rings. The molecule has 0 aromatic heterocycles. The summed E-state index contributed by atoms with van der Waals surface area (Å²) in [5, 5.41) is 1.87. The van der Waals surface area contributed by atoms with E-state index in [4.69, 9.17) is 10.5 Å². The van der Waals surface area contributed by atoms with Crippen LogP contribution in [0.1, 0.15) is 12.8 Å². The van der Waals surface area contributed by atoms with Crippen molar-refractivity contribution in [2.45, 2.75) is 43.4 Å². The first-order valence-electron chi connectivity index (χ1n) is 5.70. The second kappa shape index (κ2) is 4.65. The molecule has 1 saturated heterocycles. The second-order valence-electron chi connectivity index (χ2n) is 4.64. The molecule has 1 heterocycles. The third kappa shape index (κ3) is 2.07. The summed E-state index contributed by atoms with van der Waals surface area (Å²) in [4.78, 5) is 11.1. The lowest BCUT2D eigenvalue weighted by Gasteiger charge is -2.52. The van der Waals surface area contributed by atoms with Gasteiger partial charge in [0.05, 0.1) is 12.1 Å². The molecular weight excluding hydrogens is 256 g/mol. The van der Waals surface area contributed by atoms with Crippen molar-refractivity contribution in [1.82, 2.24) is 5.32 Å². The van der Waals surface area contributed by atoms with Gasteiger partial charge in [0.2, 0.25) is 0 Å². The number of hydrogen-bond donors (Lipinski definition) is 2. The zero-order chi connectivity index (χ0) is 13.5. The Hall–Kier alpha value is -0.890. The zero-order valence-electron chi connectivity index (χ0n) is 9.41. The summed E-state index contributed by atoms with van der Waals surface area (Å²) in [7, 11) is 0. The predicted molar refractivity (Wildman–Crippen MR) is 53.3 cm³/mol. The van der Waals surface area contributed by atoms with E-state index in [0.29, 0.717) is 6.61 Å². The molecule has 2 fully saturated rings. The predicted octanol–water partition coefficient (Wildman–Crippen LogP) is 0.508. The molecule has 1 aliphatic heterocycles. The molecular formula is C10H14F4N2O2. The molecule has 4 unspecified atom stereocenters. The fourth-order valence-corrected chi connectivity index (χ4v) is 2.47. The van der Waals surface area contributed by atoms with Gasteiger partial charge in [0, 0.05) is 18.6 Å². The van der Waals surface area contributed by atoms with E-state index in [9.17, 15) is 22.4 Å². The standard InChI is InChI=1S/C10H14F4N2O2/c11-8(12)10(13,14)9(17)16-6-5(15)4-2-1-3-18-7(4)6/h4-8H,1-3,15H2,(H,16,17). The van der Waals surface area contributed by atoms with Gasteiger partial charge in [-0.05, 0) is 12.8 Å².